The van der Waals surface area contributed by atoms with E-state index in [2.05, 4.69) is 6.07 Å². The van der Waals surface area contributed by atoms with Crippen LogP contribution in [0.4, 0.5) is 0 Å². The largest absolute Gasteiger partial charge is 0.208 e. The molecule has 42 heavy (non-hydrogen) atoms. The molecule has 0 amide bonds. The van der Waals surface area contributed by atoms with E-state index in [4.69, 9.17) is 19.1 Å². The number of hydrogen-bond acceptors (Lipinski definition) is 3. The molecule has 198 valence electrons. The first-order valence-corrected chi connectivity index (χ1v) is 13.7. The van der Waals surface area contributed by atoms with Crippen molar-refractivity contribution in [2.24, 2.45) is 0 Å². The maximum Gasteiger partial charge on any atom is 0.164 e. The zero-order valence-electron chi connectivity index (χ0n) is 26.6. The van der Waals surface area contributed by atoms with Gasteiger partial charge in [-0.3, -0.25) is 0 Å². The summed E-state index contributed by atoms with van der Waals surface area (Å²) in [5, 5.41) is 0. The minimum absolute atomic E-state index is 0.0825. The van der Waals surface area contributed by atoms with Crippen molar-refractivity contribution in [1.82, 2.24) is 15.0 Å². The average molecular weight is 542 g/mol. The van der Waals surface area contributed by atoms with Gasteiger partial charge in [0.15, 0.2) is 17.5 Å². The van der Waals surface area contributed by atoms with Crippen molar-refractivity contribution >= 4 is 0 Å². The fourth-order valence-electron chi connectivity index (χ4n) is 4.89. The van der Waals surface area contributed by atoms with Crippen LogP contribution in [0.15, 0.2) is 164 Å². The second-order valence-corrected chi connectivity index (χ2v) is 9.82. The summed E-state index contributed by atoms with van der Waals surface area (Å²) in [6.07, 6.45) is 0. The van der Waals surface area contributed by atoms with Crippen LogP contribution < -0.4 is 0 Å². The van der Waals surface area contributed by atoms with Gasteiger partial charge in [-0.25, -0.2) is 15.0 Å². The molecule has 0 aliphatic heterocycles. The van der Waals surface area contributed by atoms with Crippen LogP contribution in [0.3, 0.4) is 0 Å². The summed E-state index contributed by atoms with van der Waals surface area (Å²) in [5.74, 6) is 0.896. The van der Waals surface area contributed by atoms with E-state index in [0.717, 1.165) is 33.4 Å². The fourth-order valence-corrected chi connectivity index (χ4v) is 4.89. The second kappa shape index (κ2) is 11.4. The van der Waals surface area contributed by atoms with E-state index in [1.54, 1.807) is 0 Å². The lowest BCUT2D eigenvalue weighted by atomic mass is 9.93. The van der Waals surface area contributed by atoms with Gasteiger partial charge in [-0.15, -0.1) is 0 Å². The highest BCUT2D eigenvalue weighted by Gasteiger charge is 2.14. The summed E-state index contributed by atoms with van der Waals surface area (Å²) in [6.45, 7) is 0. The summed E-state index contributed by atoms with van der Waals surface area (Å²) in [5.41, 5.74) is 6.24. The Morgan fingerprint density at radius 3 is 1.10 bits per heavy atom. The van der Waals surface area contributed by atoms with Gasteiger partial charge in [0.2, 0.25) is 0 Å². The predicted molar refractivity (Wildman–Crippen MR) is 172 cm³/mol. The third-order valence-electron chi connectivity index (χ3n) is 6.98. The van der Waals surface area contributed by atoms with E-state index in [1.807, 2.05) is 133 Å². The van der Waals surface area contributed by atoms with Crippen molar-refractivity contribution in [2.75, 3.05) is 0 Å². The summed E-state index contributed by atoms with van der Waals surface area (Å²) >= 11 is 0. The lowest BCUT2D eigenvalue weighted by Crippen LogP contribution is -2.00. The molecule has 0 saturated heterocycles. The van der Waals surface area contributed by atoms with Crippen molar-refractivity contribution in [2.45, 2.75) is 0 Å². The van der Waals surface area contributed by atoms with Crippen molar-refractivity contribution in [3.8, 4) is 67.5 Å². The van der Waals surface area contributed by atoms with Gasteiger partial charge in [-0.2, -0.15) is 0 Å². The molecule has 0 radical (unpaired) electrons. The Hall–Kier alpha value is -5.67. The first-order valence-electron chi connectivity index (χ1n) is 15.7. The molecule has 0 saturated carbocycles. The van der Waals surface area contributed by atoms with Crippen LogP contribution in [0.1, 0.15) is 5.48 Å². The Morgan fingerprint density at radius 1 is 0.333 bits per heavy atom. The molecule has 0 fully saturated rings. The summed E-state index contributed by atoms with van der Waals surface area (Å²) in [4.78, 5) is 14.2. The third kappa shape index (κ3) is 5.36. The molecule has 0 aliphatic rings. The molecule has 7 aromatic rings. The summed E-state index contributed by atoms with van der Waals surface area (Å²) in [6, 6.07) is 44.0. The first-order chi connectivity index (χ1) is 22.5. The zero-order chi connectivity index (χ0) is 31.6. The molecule has 0 aliphatic carbocycles. The lowest BCUT2D eigenvalue weighted by Gasteiger charge is -2.13. The molecule has 3 heteroatoms. The van der Waals surface area contributed by atoms with Gasteiger partial charge >= 0.3 is 0 Å². The quantitative estimate of drug-likeness (QED) is 0.210. The van der Waals surface area contributed by atoms with Gasteiger partial charge in [0.05, 0.1) is 5.48 Å². The normalized spacial score (nSPS) is 12.2. The van der Waals surface area contributed by atoms with Crippen LogP contribution in [-0.2, 0) is 0 Å². The molecule has 0 atom stereocenters. The van der Waals surface area contributed by atoms with Crippen LogP contribution in [0.2, 0.25) is 0 Å². The Balaban J connectivity index is 1.49. The minimum Gasteiger partial charge on any atom is -0.208 e. The predicted octanol–water partition coefficient (Wildman–Crippen LogP) is 9.87. The van der Waals surface area contributed by atoms with Gasteiger partial charge in [0.25, 0.3) is 0 Å². The van der Waals surface area contributed by atoms with E-state index in [1.165, 1.54) is 0 Å². The molecule has 7 rings (SSSR count). The van der Waals surface area contributed by atoms with Gasteiger partial charge in [-0.1, -0.05) is 139 Å². The monoisotopic (exact) mass is 541 g/mol. The topological polar surface area (TPSA) is 38.7 Å². The molecule has 0 unspecified atom stereocenters. The summed E-state index contributed by atoms with van der Waals surface area (Å²) in [7, 11) is 0. The van der Waals surface area contributed by atoms with E-state index in [-0.39, 0.29) is 41.1 Å². The molecule has 3 nitrogen and oxygen atoms in total. The molecule has 0 bridgehead atoms. The molecular weight excluding hydrogens is 510 g/mol. The first kappa shape index (κ1) is 21.1. The van der Waals surface area contributed by atoms with E-state index in [9.17, 15) is 1.37 Å². The Labute approximate surface area is 251 Å². The highest BCUT2D eigenvalue weighted by Crippen LogP contribution is 2.34. The summed E-state index contributed by atoms with van der Waals surface area (Å²) < 4.78 is 36.3. The molecule has 0 spiro atoms. The van der Waals surface area contributed by atoms with E-state index in [0.29, 0.717) is 17.2 Å². The maximum absolute atomic E-state index is 9.48. The van der Waals surface area contributed by atoms with Crippen LogP contribution in [-0.4, -0.2) is 15.0 Å². The van der Waals surface area contributed by atoms with Crippen LogP contribution in [0.25, 0.3) is 67.5 Å². The van der Waals surface area contributed by atoms with Gasteiger partial charge in [-0.05, 0) is 57.6 Å². The number of benzene rings is 6. The minimum atomic E-state index is -0.296. The second-order valence-electron chi connectivity index (χ2n) is 9.82. The van der Waals surface area contributed by atoms with Crippen molar-refractivity contribution in [1.29, 1.82) is 0 Å². The van der Waals surface area contributed by atoms with Crippen LogP contribution in [0, 0.1) is 0 Å². The Kier molecular flexibility index (Phi) is 5.75. The van der Waals surface area contributed by atoms with Gasteiger partial charge < -0.3 is 0 Å². The lowest BCUT2D eigenvalue weighted by molar-refractivity contribution is 1.07. The number of hydrogen-bond donors (Lipinski definition) is 0. The molecule has 6 aromatic carbocycles. The number of rotatable bonds is 6. The van der Waals surface area contributed by atoms with Crippen LogP contribution >= 0.6 is 0 Å². The maximum atomic E-state index is 9.48. The number of aromatic nitrogens is 3. The number of nitrogens with zero attached hydrogens (tertiary/aromatic N) is 3. The van der Waals surface area contributed by atoms with Crippen LogP contribution in [0.5, 0.6) is 0 Å². The molecular formula is C39H27N3. The third-order valence-corrected chi connectivity index (χ3v) is 6.98. The molecule has 1 heterocycles. The smallest absolute Gasteiger partial charge is 0.164 e. The van der Waals surface area contributed by atoms with Gasteiger partial charge in [0, 0.05) is 16.7 Å². The SMILES string of the molecule is [2H]c1c([2H])c(-c2cc(-c3ccccc3)cc(-c3ccccc3)c2)c([2H])c(-c2nc(-c3ccccc3)nc(-c3ccccc3)n2)c1[2H]. The average Bonchev–Trinajstić information content (AvgIpc) is 3.12. The van der Waals surface area contributed by atoms with Gasteiger partial charge in [0.1, 0.15) is 0 Å². The highest BCUT2D eigenvalue weighted by molar-refractivity contribution is 5.82. The Bertz CT molecular complexity index is 1900. The van der Waals surface area contributed by atoms with Crippen molar-refractivity contribution in [3.63, 3.8) is 0 Å². The van der Waals surface area contributed by atoms with Crippen molar-refractivity contribution in [3.05, 3.63) is 164 Å². The standard InChI is InChI=1S/C39H27N3/c1-5-14-28(15-6-1)34-25-35(29-16-7-2-8-17-29)27-36(26-34)32-22-13-23-33(24-32)39-41-37(30-18-9-3-10-19-30)40-38(42-39)31-20-11-4-12-21-31/h1-27H/i13D,22D,23D,24D. The fraction of sp³-hybridized carbons (Fsp3) is 0. The highest BCUT2D eigenvalue weighted by atomic mass is 15.0. The van der Waals surface area contributed by atoms with E-state index >= 15 is 0 Å². The Morgan fingerprint density at radius 2 is 0.667 bits per heavy atom. The van der Waals surface area contributed by atoms with E-state index < -0.39 is 0 Å². The molecule has 0 N–H and O–H groups in total. The molecule has 1 aromatic heterocycles. The van der Waals surface area contributed by atoms with Crippen molar-refractivity contribution < 1.29 is 5.48 Å². The zero-order valence-corrected chi connectivity index (χ0v) is 22.6.